The molecule has 8 heteroatoms. The van der Waals surface area contributed by atoms with Crippen LogP contribution in [0, 0.1) is 0 Å². The van der Waals surface area contributed by atoms with E-state index in [4.69, 9.17) is 5.10 Å². The highest BCUT2D eigenvalue weighted by molar-refractivity contribution is 7.89. The summed E-state index contributed by atoms with van der Waals surface area (Å²) in [5.74, 6) is 0.106. The Bertz CT molecular complexity index is 972. The number of rotatable bonds is 10. The highest BCUT2D eigenvalue weighted by atomic mass is 32.2. The van der Waals surface area contributed by atoms with Crippen molar-refractivity contribution in [3.05, 3.63) is 66.6 Å². The van der Waals surface area contributed by atoms with Gasteiger partial charge < -0.3 is 5.32 Å². The molecule has 2 aromatic heterocycles. The van der Waals surface area contributed by atoms with Crippen LogP contribution in [-0.4, -0.2) is 42.0 Å². The van der Waals surface area contributed by atoms with E-state index in [0.29, 0.717) is 19.6 Å². The summed E-state index contributed by atoms with van der Waals surface area (Å²) in [4.78, 5) is 4.08. The molecule has 28 heavy (non-hydrogen) atoms. The lowest BCUT2D eigenvalue weighted by Gasteiger charge is -2.06. The molecule has 0 atom stereocenters. The lowest BCUT2D eigenvalue weighted by molar-refractivity contribution is 0.575. The normalized spacial score (nSPS) is 11.6. The molecule has 1 aromatic carbocycles. The standard InChI is InChI=1S/C20H25N5O2S/c1-2-28(26,27)23-12-6-11-22-15-18-16-25(19-7-4-3-5-8-19)24-20(18)17-9-13-21-14-10-17/h3-5,7-10,13-14,16,22-23H,2,6,11-12,15H2,1H3. The maximum atomic E-state index is 11.4. The van der Waals surface area contributed by atoms with Gasteiger partial charge in [0.25, 0.3) is 0 Å². The summed E-state index contributed by atoms with van der Waals surface area (Å²) in [6, 6.07) is 13.9. The second-order valence-electron chi connectivity index (χ2n) is 6.35. The summed E-state index contributed by atoms with van der Waals surface area (Å²) < 4.78 is 27.3. The Morgan fingerprint density at radius 1 is 1.04 bits per heavy atom. The molecule has 0 aliphatic carbocycles. The van der Waals surface area contributed by atoms with Crippen molar-refractivity contribution in [3.8, 4) is 16.9 Å². The Kier molecular flexibility index (Phi) is 6.91. The predicted octanol–water partition coefficient (Wildman–Crippen LogP) is 2.35. The fourth-order valence-electron chi connectivity index (χ4n) is 2.77. The second-order valence-corrected chi connectivity index (χ2v) is 8.44. The first-order chi connectivity index (χ1) is 13.6. The van der Waals surface area contributed by atoms with Crippen molar-refractivity contribution in [3.63, 3.8) is 0 Å². The predicted molar refractivity (Wildman–Crippen MR) is 111 cm³/mol. The van der Waals surface area contributed by atoms with Crippen LogP contribution in [-0.2, 0) is 16.6 Å². The van der Waals surface area contributed by atoms with Gasteiger partial charge in [-0.1, -0.05) is 18.2 Å². The molecule has 2 heterocycles. The third-order valence-corrected chi connectivity index (χ3v) is 5.72. The van der Waals surface area contributed by atoms with Gasteiger partial charge in [-0.15, -0.1) is 0 Å². The van der Waals surface area contributed by atoms with Gasteiger partial charge in [0, 0.05) is 42.8 Å². The zero-order valence-corrected chi connectivity index (χ0v) is 16.7. The average molecular weight is 400 g/mol. The number of hydrogen-bond donors (Lipinski definition) is 2. The van der Waals surface area contributed by atoms with E-state index in [1.54, 1.807) is 19.3 Å². The van der Waals surface area contributed by atoms with E-state index in [9.17, 15) is 8.42 Å². The van der Waals surface area contributed by atoms with E-state index >= 15 is 0 Å². The molecule has 0 spiro atoms. The first-order valence-electron chi connectivity index (χ1n) is 9.31. The summed E-state index contributed by atoms with van der Waals surface area (Å²) in [6.07, 6.45) is 6.26. The van der Waals surface area contributed by atoms with Crippen LogP contribution in [0.1, 0.15) is 18.9 Å². The summed E-state index contributed by atoms with van der Waals surface area (Å²) >= 11 is 0. The Hall–Kier alpha value is -2.55. The van der Waals surface area contributed by atoms with E-state index in [1.165, 1.54) is 0 Å². The van der Waals surface area contributed by atoms with Gasteiger partial charge in [-0.2, -0.15) is 5.10 Å². The van der Waals surface area contributed by atoms with Crippen molar-refractivity contribution in [1.29, 1.82) is 0 Å². The summed E-state index contributed by atoms with van der Waals surface area (Å²) in [5.41, 5.74) is 3.99. The first-order valence-corrected chi connectivity index (χ1v) is 11.0. The number of sulfonamides is 1. The van der Waals surface area contributed by atoms with Crippen LogP contribution in [0.5, 0.6) is 0 Å². The number of pyridine rings is 1. The van der Waals surface area contributed by atoms with Crippen molar-refractivity contribution in [2.24, 2.45) is 0 Å². The van der Waals surface area contributed by atoms with E-state index in [2.05, 4.69) is 15.0 Å². The molecule has 0 aliphatic rings. The zero-order valence-electron chi connectivity index (χ0n) is 15.9. The SMILES string of the molecule is CCS(=O)(=O)NCCCNCc1cn(-c2ccccc2)nc1-c1ccncc1. The molecule has 148 valence electrons. The molecule has 0 aliphatic heterocycles. The van der Waals surface area contributed by atoms with Crippen molar-refractivity contribution in [1.82, 2.24) is 24.8 Å². The van der Waals surface area contributed by atoms with Crippen molar-refractivity contribution in [2.45, 2.75) is 19.9 Å². The van der Waals surface area contributed by atoms with E-state index in [-0.39, 0.29) is 5.75 Å². The largest absolute Gasteiger partial charge is 0.312 e. The third-order valence-electron chi connectivity index (χ3n) is 4.31. The van der Waals surface area contributed by atoms with Gasteiger partial charge in [-0.05, 0) is 44.2 Å². The fraction of sp³-hybridized carbons (Fsp3) is 0.300. The maximum Gasteiger partial charge on any atom is 0.211 e. The Morgan fingerprint density at radius 3 is 2.50 bits per heavy atom. The van der Waals surface area contributed by atoms with Gasteiger partial charge >= 0.3 is 0 Å². The minimum atomic E-state index is -3.13. The Labute approximate surface area is 165 Å². The molecule has 0 unspecified atom stereocenters. The summed E-state index contributed by atoms with van der Waals surface area (Å²) in [7, 11) is -3.13. The lowest BCUT2D eigenvalue weighted by atomic mass is 10.1. The van der Waals surface area contributed by atoms with Gasteiger partial charge in [-0.25, -0.2) is 17.8 Å². The monoisotopic (exact) mass is 399 g/mol. The molecule has 0 radical (unpaired) electrons. The van der Waals surface area contributed by atoms with Crippen LogP contribution in [0.2, 0.25) is 0 Å². The topological polar surface area (TPSA) is 88.9 Å². The van der Waals surface area contributed by atoms with Crippen LogP contribution in [0.15, 0.2) is 61.1 Å². The molecule has 0 saturated heterocycles. The average Bonchev–Trinajstić information content (AvgIpc) is 3.16. The van der Waals surface area contributed by atoms with E-state index in [0.717, 1.165) is 28.9 Å². The lowest BCUT2D eigenvalue weighted by Crippen LogP contribution is -2.28. The minimum absolute atomic E-state index is 0.106. The highest BCUT2D eigenvalue weighted by Crippen LogP contribution is 2.23. The van der Waals surface area contributed by atoms with Crippen molar-refractivity contribution >= 4 is 10.0 Å². The third kappa shape index (κ3) is 5.48. The van der Waals surface area contributed by atoms with Crippen molar-refractivity contribution < 1.29 is 8.42 Å². The number of aromatic nitrogens is 3. The molecule has 3 aromatic rings. The van der Waals surface area contributed by atoms with Gasteiger partial charge in [0.1, 0.15) is 0 Å². The van der Waals surface area contributed by atoms with E-state index in [1.807, 2.05) is 53.3 Å². The van der Waals surface area contributed by atoms with E-state index < -0.39 is 10.0 Å². The number of para-hydroxylation sites is 1. The van der Waals surface area contributed by atoms with Crippen LogP contribution in [0.4, 0.5) is 0 Å². The molecule has 3 rings (SSSR count). The van der Waals surface area contributed by atoms with Crippen LogP contribution < -0.4 is 10.0 Å². The summed E-state index contributed by atoms with van der Waals surface area (Å²) in [5, 5.41) is 8.14. The van der Waals surface area contributed by atoms with Crippen LogP contribution >= 0.6 is 0 Å². The Balaban J connectivity index is 1.67. The molecule has 2 N–H and O–H groups in total. The number of hydrogen-bond acceptors (Lipinski definition) is 5. The zero-order chi connectivity index (χ0) is 19.8. The number of nitrogens with zero attached hydrogens (tertiary/aromatic N) is 3. The number of benzene rings is 1. The second kappa shape index (κ2) is 9.59. The summed E-state index contributed by atoms with van der Waals surface area (Å²) in [6.45, 7) is 3.42. The number of nitrogens with one attached hydrogen (secondary N) is 2. The fourth-order valence-corrected chi connectivity index (χ4v) is 3.43. The van der Waals surface area contributed by atoms with Gasteiger partial charge in [0.2, 0.25) is 10.0 Å². The molecule has 7 nitrogen and oxygen atoms in total. The molecule has 0 saturated carbocycles. The minimum Gasteiger partial charge on any atom is -0.312 e. The molecule has 0 fully saturated rings. The molecule has 0 bridgehead atoms. The van der Waals surface area contributed by atoms with Gasteiger partial charge in [-0.3, -0.25) is 4.98 Å². The van der Waals surface area contributed by atoms with Crippen LogP contribution in [0.3, 0.4) is 0 Å². The van der Waals surface area contributed by atoms with Crippen LogP contribution in [0.25, 0.3) is 16.9 Å². The van der Waals surface area contributed by atoms with Gasteiger partial charge in [0.15, 0.2) is 0 Å². The Morgan fingerprint density at radius 2 is 1.79 bits per heavy atom. The van der Waals surface area contributed by atoms with Gasteiger partial charge in [0.05, 0.1) is 17.1 Å². The highest BCUT2D eigenvalue weighted by Gasteiger charge is 2.12. The molecular weight excluding hydrogens is 374 g/mol. The molecular formula is C20H25N5O2S. The maximum absolute atomic E-state index is 11.4. The molecule has 0 amide bonds. The first kappa shape index (κ1) is 20.2. The quantitative estimate of drug-likeness (QED) is 0.511. The van der Waals surface area contributed by atoms with Crippen molar-refractivity contribution in [2.75, 3.05) is 18.8 Å². The smallest absolute Gasteiger partial charge is 0.211 e.